The Labute approximate surface area is 178 Å². The minimum atomic E-state index is -0.300. The van der Waals surface area contributed by atoms with Crippen molar-refractivity contribution in [2.75, 3.05) is 13.7 Å². The Morgan fingerprint density at radius 2 is 2.13 bits per heavy atom. The molecule has 2 aromatic heterocycles. The van der Waals surface area contributed by atoms with Gasteiger partial charge in [-0.1, -0.05) is 23.7 Å². The van der Waals surface area contributed by atoms with Crippen LogP contribution in [0.25, 0.3) is 5.52 Å². The number of nitriles is 1. The van der Waals surface area contributed by atoms with Crippen molar-refractivity contribution in [2.24, 2.45) is 5.92 Å². The van der Waals surface area contributed by atoms with Gasteiger partial charge in [0, 0.05) is 25.4 Å². The Morgan fingerprint density at radius 1 is 1.37 bits per heavy atom. The number of nitrogens with zero attached hydrogens (tertiary/aromatic N) is 5. The molecule has 2 unspecified atom stereocenters. The fourth-order valence-corrected chi connectivity index (χ4v) is 3.78. The van der Waals surface area contributed by atoms with Gasteiger partial charge in [0.2, 0.25) is 11.8 Å². The molecule has 9 heteroatoms. The summed E-state index contributed by atoms with van der Waals surface area (Å²) in [5.74, 6) is 1.09. The summed E-state index contributed by atoms with van der Waals surface area (Å²) in [7, 11) is 1.62. The second-order valence-electron chi connectivity index (χ2n) is 7.24. The number of likely N-dealkylation sites (tertiary alicyclic amines) is 1. The van der Waals surface area contributed by atoms with Crippen LogP contribution in [0.15, 0.2) is 36.7 Å². The van der Waals surface area contributed by atoms with Crippen molar-refractivity contribution in [2.45, 2.75) is 26.0 Å². The molecule has 0 bridgehead atoms. The molecule has 1 aromatic carbocycles. The molecular weight excluding hydrogens is 406 g/mol. The Balaban J connectivity index is 1.47. The predicted molar refractivity (Wildman–Crippen MR) is 109 cm³/mol. The minimum Gasteiger partial charge on any atom is -0.497 e. The molecule has 4 rings (SSSR count). The van der Waals surface area contributed by atoms with Gasteiger partial charge in [0.1, 0.15) is 29.0 Å². The summed E-state index contributed by atoms with van der Waals surface area (Å²) >= 11 is 6.07. The number of halogens is 1. The van der Waals surface area contributed by atoms with Crippen molar-refractivity contribution in [3.05, 3.63) is 52.9 Å². The third-order valence-corrected chi connectivity index (χ3v) is 5.48. The highest BCUT2D eigenvalue weighted by Crippen LogP contribution is 2.29. The lowest BCUT2D eigenvalue weighted by molar-refractivity contribution is -0.128. The molecule has 8 nitrogen and oxygen atoms in total. The number of aromatic nitrogens is 3. The van der Waals surface area contributed by atoms with E-state index in [1.54, 1.807) is 7.11 Å². The first-order valence-electron chi connectivity index (χ1n) is 9.50. The average Bonchev–Trinajstić information content (AvgIpc) is 3.32. The van der Waals surface area contributed by atoms with E-state index in [1.165, 1.54) is 16.9 Å². The maximum absolute atomic E-state index is 12.5. The number of benzene rings is 1. The van der Waals surface area contributed by atoms with Crippen LogP contribution in [0.3, 0.4) is 0 Å². The van der Waals surface area contributed by atoms with Crippen LogP contribution in [0, 0.1) is 17.2 Å². The first-order valence-corrected chi connectivity index (χ1v) is 9.87. The Kier molecular flexibility index (Phi) is 5.46. The van der Waals surface area contributed by atoms with Crippen molar-refractivity contribution >= 4 is 23.0 Å². The molecule has 154 valence electrons. The number of methoxy groups -OCH3 is 1. The molecule has 1 fully saturated rings. The third-order valence-electron chi connectivity index (χ3n) is 5.29. The first-order chi connectivity index (χ1) is 14.5. The van der Waals surface area contributed by atoms with Crippen LogP contribution in [0.1, 0.15) is 24.5 Å². The molecule has 0 aliphatic carbocycles. The molecule has 1 aliphatic rings. The summed E-state index contributed by atoms with van der Waals surface area (Å²) in [6.07, 6.45) is 3.05. The summed E-state index contributed by atoms with van der Waals surface area (Å²) in [4.78, 5) is 18.6. The van der Waals surface area contributed by atoms with Crippen molar-refractivity contribution in [1.82, 2.24) is 19.5 Å². The molecule has 2 atom stereocenters. The van der Waals surface area contributed by atoms with E-state index in [0.29, 0.717) is 30.6 Å². The van der Waals surface area contributed by atoms with Gasteiger partial charge in [0.05, 0.1) is 19.5 Å². The van der Waals surface area contributed by atoms with E-state index in [4.69, 9.17) is 21.1 Å². The summed E-state index contributed by atoms with van der Waals surface area (Å²) < 4.78 is 12.7. The maximum Gasteiger partial charge on any atom is 0.243 e. The zero-order chi connectivity index (χ0) is 21.3. The fourth-order valence-electron chi connectivity index (χ4n) is 3.61. The van der Waals surface area contributed by atoms with Gasteiger partial charge in [-0.3, -0.25) is 4.79 Å². The van der Waals surface area contributed by atoms with Crippen molar-refractivity contribution in [3.8, 4) is 17.7 Å². The predicted octanol–water partition coefficient (Wildman–Crippen LogP) is 3.08. The zero-order valence-corrected chi connectivity index (χ0v) is 17.3. The summed E-state index contributed by atoms with van der Waals surface area (Å²) in [5, 5.41) is 13.7. The Bertz CT molecular complexity index is 1120. The SMILES string of the molecule is COc1ccc(CN2CC(C(C)Oc3nc(Cl)cn4ncc(C#N)c34)CC2=O)cc1. The van der Waals surface area contributed by atoms with Gasteiger partial charge >= 0.3 is 0 Å². The van der Waals surface area contributed by atoms with Gasteiger partial charge in [0.15, 0.2) is 5.15 Å². The lowest BCUT2D eigenvalue weighted by Gasteiger charge is -2.21. The Morgan fingerprint density at radius 3 is 2.83 bits per heavy atom. The van der Waals surface area contributed by atoms with E-state index in [1.807, 2.05) is 36.1 Å². The number of fused-ring (bicyclic) bond motifs is 1. The number of carbonyl (C=O) groups excluding carboxylic acids is 1. The molecular formula is C21H20ClN5O3. The van der Waals surface area contributed by atoms with Crippen LogP contribution in [0.5, 0.6) is 11.6 Å². The van der Waals surface area contributed by atoms with Crippen LogP contribution in [0.2, 0.25) is 5.15 Å². The van der Waals surface area contributed by atoms with Crippen LogP contribution in [-0.2, 0) is 11.3 Å². The molecule has 0 saturated carbocycles. The summed E-state index contributed by atoms with van der Waals surface area (Å²) in [5.41, 5.74) is 1.85. The molecule has 30 heavy (non-hydrogen) atoms. The molecule has 1 saturated heterocycles. The van der Waals surface area contributed by atoms with Gasteiger partial charge in [-0.2, -0.15) is 15.3 Å². The standard InChI is InChI=1S/C21H20ClN5O3/c1-13(30-21-20-16(8-23)9-24-27(20)12-18(22)25-21)15-7-19(28)26(11-15)10-14-3-5-17(29-2)6-4-14/h3-6,9,12-13,15H,7,10-11H2,1-2H3. The second-order valence-corrected chi connectivity index (χ2v) is 7.63. The lowest BCUT2D eigenvalue weighted by atomic mass is 10.0. The van der Waals surface area contributed by atoms with Gasteiger partial charge in [-0.25, -0.2) is 4.52 Å². The van der Waals surface area contributed by atoms with E-state index in [2.05, 4.69) is 16.2 Å². The smallest absolute Gasteiger partial charge is 0.243 e. The van der Waals surface area contributed by atoms with Crippen molar-refractivity contribution < 1.29 is 14.3 Å². The van der Waals surface area contributed by atoms with Crippen molar-refractivity contribution in [3.63, 3.8) is 0 Å². The molecule has 0 N–H and O–H groups in total. The first kappa shape index (κ1) is 20.0. The Hall–Kier alpha value is -3.31. The number of hydrogen-bond acceptors (Lipinski definition) is 6. The van der Waals surface area contributed by atoms with Crippen LogP contribution in [0.4, 0.5) is 0 Å². The topological polar surface area (TPSA) is 92.8 Å². The lowest BCUT2D eigenvalue weighted by Crippen LogP contribution is -2.29. The van der Waals surface area contributed by atoms with Crippen molar-refractivity contribution in [1.29, 1.82) is 5.26 Å². The number of ether oxygens (including phenoxy) is 2. The highest BCUT2D eigenvalue weighted by Gasteiger charge is 2.34. The van der Waals surface area contributed by atoms with Gasteiger partial charge in [-0.15, -0.1) is 0 Å². The molecule has 3 aromatic rings. The number of rotatable bonds is 6. The van der Waals surface area contributed by atoms with Crippen LogP contribution < -0.4 is 9.47 Å². The highest BCUT2D eigenvalue weighted by atomic mass is 35.5. The molecule has 0 spiro atoms. The van der Waals surface area contributed by atoms with E-state index >= 15 is 0 Å². The minimum absolute atomic E-state index is 0.00922. The third kappa shape index (κ3) is 3.89. The maximum atomic E-state index is 12.5. The average molecular weight is 426 g/mol. The molecule has 3 heterocycles. The van der Waals surface area contributed by atoms with E-state index in [0.717, 1.165) is 11.3 Å². The van der Waals surface area contributed by atoms with Gasteiger partial charge < -0.3 is 14.4 Å². The molecule has 1 aliphatic heterocycles. The fraction of sp³-hybridized carbons (Fsp3) is 0.333. The van der Waals surface area contributed by atoms with E-state index < -0.39 is 0 Å². The normalized spacial score (nSPS) is 17.2. The molecule has 0 radical (unpaired) electrons. The van der Waals surface area contributed by atoms with Gasteiger partial charge in [-0.05, 0) is 24.6 Å². The quantitative estimate of drug-likeness (QED) is 0.602. The number of carbonyl (C=O) groups is 1. The van der Waals surface area contributed by atoms with E-state index in [9.17, 15) is 10.1 Å². The van der Waals surface area contributed by atoms with Crippen LogP contribution in [-0.4, -0.2) is 45.2 Å². The zero-order valence-electron chi connectivity index (χ0n) is 16.6. The number of hydrogen-bond donors (Lipinski definition) is 0. The molecule has 1 amide bonds. The summed E-state index contributed by atoms with van der Waals surface area (Å²) in [6, 6.07) is 9.76. The van der Waals surface area contributed by atoms with Gasteiger partial charge in [0.25, 0.3) is 0 Å². The largest absolute Gasteiger partial charge is 0.497 e. The van der Waals surface area contributed by atoms with Crippen LogP contribution >= 0.6 is 11.6 Å². The van der Waals surface area contributed by atoms with E-state index in [-0.39, 0.29) is 29.0 Å². The second kappa shape index (κ2) is 8.20. The summed E-state index contributed by atoms with van der Waals surface area (Å²) in [6.45, 7) is 3.01. The monoisotopic (exact) mass is 425 g/mol. The highest BCUT2D eigenvalue weighted by molar-refractivity contribution is 6.29. The number of amides is 1.